The molecular formula is C24H21NO4. The Labute approximate surface area is 167 Å². The van der Waals surface area contributed by atoms with E-state index >= 15 is 0 Å². The Balaban J connectivity index is 1.30. The second-order valence-electron chi connectivity index (χ2n) is 8.17. The van der Waals surface area contributed by atoms with E-state index in [1.54, 1.807) is 6.07 Å². The first kappa shape index (κ1) is 16.9. The van der Waals surface area contributed by atoms with Gasteiger partial charge in [0.2, 0.25) is 0 Å². The first-order valence-electron chi connectivity index (χ1n) is 10.2. The molecule has 0 spiro atoms. The maximum absolute atomic E-state index is 11.5. The summed E-state index contributed by atoms with van der Waals surface area (Å²) < 4.78 is 17.6. The third-order valence-electron chi connectivity index (χ3n) is 6.13. The minimum absolute atomic E-state index is 0.279. The lowest BCUT2D eigenvalue weighted by Crippen LogP contribution is -2.42. The monoisotopic (exact) mass is 387 g/mol. The van der Waals surface area contributed by atoms with Gasteiger partial charge in [-0.25, -0.2) is 4.79 Å². The van der Waals surface area contributed by atoms with E-state index in [2.05, 4.69) is 5.32 Å². The standard InChI is InChI=1S/C24H21NO4/c26-24-8-3-14-1-2-15(10-22(14)29-24)23-11-16-9-19(6-7-21(16)28-23)27-20-12-17-4-5-18(13-20)25-17/h1-3,6-11,17-18,20,25H,4-5,12-13H2/t17-,18+,20-. The van der Waals surface area contributed by atoms with Gasteiger partial charge in [-0.1, -0.05) is 12.1 Å². The van der Waals surface area contributed by atoms with Crippen molar-refractivity contribution in [1.82, 2.24) is 5.32 Å². The first-order chi connectivity index (χ1) is 14.2. The minimum Gasteiger partial charge on any atom is -0.490 e. The van der Waals surface area contributed by atoms with Crippen LogP contribution in [-0.4, -0.2) is 18.2 Å². The van der Waals surface area contributed by atoms with Crippen LogP contribution in [0, 0.1) is 0 Å². The molecule has 0 amide bonds. The summed E-state index contributed by atoms with van der Waals surface area (Å²) >= 11 is 0. The molecule has 146 valence electrons. The van der Waals surface area contributed by atoms with Gasteiger partial charge in [-0.15, -0.1) is 0 Å². The van der Waals surface area contributed by atoms with Crippen molar-refractivity contribution >= 4 is 21.9 Å². The fraction of sp³-hybridized carbons (Fsp3) is 0.292. The molecule has 2 bridgehead atoms. The van der Waals surface area contributed by atoms with Crippen LogP contribution in [0.4, 0.5) is 0 Å². The maximum atomic E-state index is 11.5. The number of piperidine rings is 1. The van der Waals surface area contributed by atoms with E-state index in [1.807, 2.05) is 42.5 Å². The molecule has 2 aromatic heterocycles. The molecule has 2 aliphatic rings. The van der Waals surface area contributed by atoms with Crippen LogP contribution in [-0.2, 0) is 0 Å². The highest BCUT2D eigenvalue weighted by Crippen LogP contribution is 2.34. The lowest BCUT2D eigenvalue weighted by atomic mass is 10.0. The van der Waals surface area contributed by atoms with E-state index in [0.717, 1.165) is 46.3 Å². The fourth-order valence-electron chi connectivity index (χ4n) is 4.74. The Morgan fingerprint density at radius 2 is 1.66 bits per heavy atom. The molecule has 2 aromatic carbocycles. The van der Waals surface area contributed by atoms with E-state index in [-0.39, 0.29) is 11.7 Å². The zero-order valence-electron chi connectivity index (χ0n) is 15.9. The molecule has 5 heteroatoms. The average Bonchev–Trinajstić information content (AvgIpc) is 3.29. The van der Waals surface area contributed by atoms with E-state index in [9.17, 15) is 4.79 Å². The van der Waals surface area contributed by atoms with E-state index < -0.39 is 0 Å². The fourth-order valence-corrected chi connectivity index (χ4v) is 4.74. The summed E-state index contributed by atoms with van der Waals surface area (Å²) in [6.07, 6.45) is 4.96. The molecule has 4 heterocycles. The van der Waals surface area contributed by atoms with Crippen LogP contribution in [0.25, 0.3) is 33.3 Å². The predicted octanol–water partition coefficient (Wildman–Crippen LogP) is 4.87. The highest BCUT2D eigenvalue weighted by atomic mass is 16.5. The van der Waals surface area contributed by atoms with Crippen molar-refractivity contribution in [2.45, 2.75) is 43.9 Å². The molecule has 0 aliphatic carbocycles. The van der Waals surface area contributed by atoms with Gasteiger partial charge in [-0.05, 0) is 62.1 Å². The quantitative estimate of drug-likeness (QED) is 0.508. The van der Waals surface area contributed by atoms with Crippen LogP contribution in [0.3, 0.4) is 0 Å². The summed E-state index contributed by atoms with van der Waals surface area (Å²) in [5.41, 5.74) is 1.89. The minimum atomic E-state index is -0.354. The molecule has 0 saturated carbocycles. The number of ether oxygens (including phenoxy) is 1. The van der Waals surface area contributed by atoms with Gasteiger partial charge in [0, 0.05) is 34.5 Å². The molecule has 2 fully saturated rings. The van der Waals surface area contributed by atoms with Crippen molar-refractivity contribution in [3.8, 4) is 17.1 Å². The third-order valence-corrected chi connectivity index (χ3v) is 6.13. The van der Waals surface area contributed by atoms with Crippen LogP contribution in [0.5, 0.6) is 5.75 Å². The normalized spacial score (nSPS) is 23.7. The summed E-state index contributed by atoms with van der Waals surface area (Å²) in [5.74, 6) is 1.63. The molecule has 2 aliphatic heterocycles. The Morgan fingerprint density at radius 3 is 2.52 bits per heavy atom. The number of benzene rings is 2. The largest absolute Gasteiger partial charge is 0.490 e. The lowest BCUT2D eigenvalue weighted by Gasteiger charge is -2.29. The van der Waals surface area contributed by atoms with Gasteiger partial charge in [0.05, 0.1) is 0 Å². The van der Waals surface area contributed by atoms with Gasteiger partial charge >= 0.3 is 5.63 Å². The van der Waals surface area contributed by atoms with Crippen LogP contribution in [0.15, 0.2) is 68.2 Å². The zero-order chi connectivity index (χ0) is 19.4. The number of rotatable bonds is 3. The number of furan rings is 1. The molecule has 3 atom stereocenters. The van der Waals surface area contributed by atoms with Gasteiger partial charge in [-0.3, -0.25) is 0 Å². The Kier molecular flexibility index (Phi) is 3.78. The number of fused-ring (bicyclic) bond motifs is 4. The Bertz CT molecular complexity index is 1260. The van der Waals surface area contributed by atoms with Crippen LogP contribution in [0.1, 0.15) is 25.7 Å². The molecule has 5 nitrogen and oxygen atoms in total. The number of hydrogen-bond donors (Lipinski definition) is 1. The van der Waals surface area contributed by atoms with Crippen molar-refractivity contribution in [2.24, 2.45) is 0 Å². The summed E-state index contributed by atoms with van der Waals surface area (Å²) in [6.45, 7) is 0. The molecule has 2 saturated heterocycles. The van der Waals surface area contributed by atoms with Gasteiger partial charge in [0.15, 0.2) is 0 Å². The second-order valence-corrected chi connectivity index (χ2v) is 8.17. The van der Waals surface area contributed by atoms with Gasteiger partial charge in [0.25, 0.3) is 0 Å². The smallest absolute Gasteiger partial charge is 0.336 e. The van der Waals surface area contributed by atoms with E-state index in [0.29, 0.717) is 17.7 Å². The van der Waals surface area contributed by atoms with E-state index in [1.165, 1.54) is 18.9 Å². The second kappa shape index (κ2) is 6.49. The van der Waals surface area contributed by atoms with Crippen molar-refractivity contribution in [3.05, 3.63) is 65.0 Å². The highest BCUT2D eigenvalue weighted by Gasteiger charge is 2.34. The zero-order valence-corrected chi connectivity index (χ0v) is 15.9. The molecule has 29 heavy (non-hydrogen) atoms. The molecule has 1 N–H and O–H groups in total. The summed E-state index contributed by atoms with van der Waals surface area (Å²) in [5, 5.41) is 5.54. The van der Waals surface area contributed by atoms with Crippen LogP contribution < -0.4 is 15.7 Å². The van der Waals surface area contributed by atoms with Crippen LogP contribution >= 0.6 is 0 Å². The highest BCUT2D eigenvalue weighted by molar-refractivity contribution is 5.87. The SMILES string of the molecule is O=c1ccc2ccc(-c3cc4cc(O[C@@H]5C[C@H]6CC[C@@H](C5)N6)ccc4o3)cc2o1. The molecule has 6 rings (SSSR count). The van der Waals surface area contributed by atoms with Crippen LogP contribution in [0.2, 0.25) is 0 Å². The molecule has 0 radical (unpaired) electrons. The molecular weight excluding hydrogens is 366 g/mol. The van der Waals surface area contributed by atoms with Crippen molar-refractivity contribution in [2.75, 3.05) is 0 Å². The van der Waals surface area contributed by atoms with Gasteiger partial charge in [0.1, 0.15) is 28.8 Å². The first-order valence-corrected chi connectivity index (χ1v) is 10.2. The maximum Gasteiger partial charge on any atom is 0.336 e. The predicted molar refractivity (Wildman–Crippen MR) is 111 cm³/mol. The average molecular weight is 387 g/mol. The Hall–Kier alpha value is -3.05. The van der Waals surface area contributed by atoms with Crippen molar-refractivity contribution < 1.29 is 13.6 Å². The van der Waals surface area contributed by atoms with Gasteiger partial charge < -0.3 is 18.9 Å². The van der Waals surface area contributed by atoms with E-state index in [4.69, 9.17) is 13.6 Å². The number of hydrogen-bond acceptors (Lipinski definition) is 5. The Morgan fingerprint density at radius 1 is 0.828 bits per heavy atom. The molecule has 0 unspecified atom stereocenters. The molecule has 4 aromatic rings. The topological polar surface area (TPSA) is 64.6 Å². The van der Waals surface area contributed by atoms with Gasteiger partial charge in [-0.2, -0.15) is 0 Å². The summed E-state index contributed by atoms with van der Waals surface area (Å²) in [4.78, 5) is 11.5. The van der Waals surface area contributed by atoms with Crippen molar-refractivity contribution in [1.29, 1.82) is 0 Å². The third kappa shape index (κ3) is 3.12. The number of nitrogens with one attached hydrogen (secondary N) is 1. The van der Waals surface area contributed by atoms with Crippen molar-refractivity contribution in [3.63, 3.8) is 0 Å². The summed E-state index contributed by atoms with van der Waals surface area (Å²) in [7, 11) is 0. The lowest BCUT2D eigenvalue weighted by molar-refractivity contribution is 0.137. The summed E-state index contributed by atoms with van der Waals surface area (Å²) in [6, 6.07) is 18.2.